The van der Waals surface area contributed by atoms with Crippen molar-refractivity contribution in [3.63, 3.8) is 0 Å². The Balaban J connectivity index is 2.82. The Morgan fingerprint density at radius 1 is 0.467 bits per heavy atom. The zero-order chi connectivity index (χ0) is 54.7. The van der Waals surface area contributed by atoms with Gasteiger partial charge in [0.2, 0.25) is 0 Å². The SMILES string of the molecule is CC/C=C\C/C=C\C/C=C\C/C=C\C/C=C\CCCC(=O)OCC(COC1OC(C(=O)O)C(O)C(O)C1OC(=O)C/C=C\C/C=C\C/C=C\C/C=C\C/C=C\CC)OC(=O)CCCCCCC/C=C\C/C=C\CCC. The zero-order valence-electron chi connectivity index (χ0n) is 45.7. The lowest BCUT2D eigenvalue weighted by Crippen LogP contribution is -2.61. The lowest BCUT2D eigenvalue weighted by molar-refractivity contribution is -0.301. The van der Waals surface area contributed by atoms with E-state index in [4.69, 9.17) is 23.7 Å². The van der Waals surface area contributed by atoms with Gasteiger partial charge in [0.25, 0.3) is 0 Å². The number of aliphatic hydroxyl groups excluding tert-OH is 2. The van der Waals surface area contributed by atoms with Crippen molar-refractivity contribution in [3.05, 3.63) is 146 Å². The Morgan fingerprint density at radius 3 is 1.39 bits per heavy atom. The molecule has 1 fully saturated rings. The molecule has 0 spiro atoms. The van der Waals surface area contributed by atoms with Gasteiger partial charge in [-0.1, -0.05) is 192 Å². The molecule has 0 saturated carbocycles. The first-order valence-electron chi connectivity index (χ1n) is 27.8. The molecule has 3 N–H and O–H groups in total. The van der Waals surface area contributed by atoms with E-state index in [1.165, 1.54) is 0 Å². The largest absolute Gasteiger partial charge is 0.479 e. The third-order valence-corrected chi connectivity index (χ3v) is 11.4. The topological polar surface area (TPSA) is 175 Å². The summed E-state index contributed by atoms with van der Waals surface area (Å²) in [5.41, 5.74) is 0. The zero-order valence-corrected chi connectivity index (χ0v) is 45.7. The van der Waals surface area contributed by atoms with E-state index >= 15 is 0 Å². The molecule has 418 valence electrons. The number of ether oxygens (including phenoxy) is 5. The van der Waals surface area contributed by atoms with Crippen LogP contribution in [0, 0.1) is 0 Å². The quantitative estimate of drug-likeness (QED) is 0.0228. The molecule has 12 heteroatoms. The molecular formula is C63H94O12. The molecule has 0 aliphatic carbocycles. The first kappa shape index (κ1) is 67.6. The van der Waals surface area contributed by atoms with Gasteiger partial charge in [0, 0.05) is 12.8 Å². The van der Waals surface area contributed by atoms with Crippen LogP contribution in [0.4, 0.5) is 0 Å². The number of carboxylic acid groups (broad SMARTS) is 1. The van der Waals surface area contributed by atoms with Crippen molar-refractivity contribution in [1.29, 1.82) is 0 Å². The van der Waals surface area contributed by atoms with E-state index in [-0.39, 0.29) is 25.9 Å². The summed E-state index contributed by atoms with van der Waals surface area (Å²) in [6.07, 6.45) is 58.6. The maximum Gasteiger partial charge on any atom is 0.335 e. The third kappa shape index (κ3) is 39.7. The summed E-state index contributed by atoms with van der Waals surface area (Å²) >= 11 is 0. The molecule has 0 aromatic carbocycles. The minimum absolute atomic E-state index is 0.115. The number of aliphatic hydroxyl groups is 2. The molecule has 0 aromatic heterocycles. The molecule has 6 atom stereocenters. The highest BCUT2D eigenvalue weighted by atomic mass is 16.7. The monoisotopic (exact) mass is 1040 g/mol. The molecule has 0 radical (unpaired) electrons. The van der Waals surface area contributed by atoms with Crippen molar-refractivity contribution in [2.45, 2.75) is 212 Å². The van der Waals surface area contributed by atoms with Crippen molar-refractivity contribution in [3.8, 4) is 0 Å². The van der Waals surface area contributed by atoms with E-state index in [1.54, 1.807) is 12.2 Å². The summed E-state index contributed by atoms with van der Waals surface area (Å²) in [7, 11) is 0. The van der Waals surface area contributed by atoms with Gasteiger partial charge in [-0.15, -0.1) is 0 Å². The van der Waals surface area contributed by atoms with Crippen LogP contribution in [-0.2, 0) is 42.9 Å². The van der Waals surface area contributed by atoms with E-state index < -0.39 is 67.3 Å². The van der Waals surface area contributed by atoms with Crippen molar-refractivity contribution < 1.29 is 58.2 Å². The maximum absolute atomic E-state index is 13.1. The first-order valence-corrected chi connectivity index (χ1v) is 27.8. The Labute approximate surface area is 451 Å². The summed E-state index contributed by atoms with van der Waals surface area (Å²) < 4.78 is 28.1. The van der Waals surface area contributed by atoms with E-state index in [0.29, 0.717) is 25.7 Å². The number of unbranched alkanes of at least 4 members (excludes halogenated alkanes) is 7. The van der Waals surface area contributed by atoms with Gasteiger partial charge in [0.05, 0.1) is 13.0 Å². The predicted molar refractivity (Wildman–Crippen MR) is 302 cm³/mol. The highest BCUT2D eigenvalue weighted by molar-refractivity contribution is 5.74. The van der Waals surface area contributed by atoms with Crippen LogP contribution in [-0.4, -0.2) is 89.2 Å². The van der Waals surface area contributed by atoms with E-state index in [0.717, 1.165) is 109 Å². The van der Waals surface area contributed by atoms with Crippen LogP contribution in [0.5, 0.6) is 0 Å². The summed E-state index contributed by atoms with van der Waals surface area (Å²) in [4.78, 5) is 50.9. The van der Waals surface area contributed by atoms with Crippen molar-refractivity contribution >= 4 is 23.9 Å². The molecule has 0 bridgehead atoms. The Morgan fingerprint density at radius 2 is 0.893 bits per heavy atom. The van der Waals surface area contributed by atoms with Gasteiger partial charge in [-0.25, -0.2) is 4.79 Å². The van der Waals surface area contributed by atoms with Gasteiger partial charge < -0.3 is 39.0 Å². The second-order valence-electron chi connectivity index (χ2n) is 18.1. The second kappa shape index (κ2) is 49.5. The van der Waals surface area contributed by atoms with Crippen LogP contribution in [0.1, 0.15) is 175 Å². The normalized spacial score (nSPS) is 19.3. The lowest BCUT2D eigenvalue weighted by atomic mass is 9.98. The number of hydrogen-bond acceptors (Lipinski definition) is 11. The van der Waals surface area contributed by atoms with Crippen LogP contribution in [0.25, 0.3) is 0 Å². The number of aliphatic carboxylic acids is 1. The molecule has 6 unspecified atom stereocenters. The van der Waals surface area contributed by atoms with Gasteiger partial charge in [-0.05, 0) is 109 Å². The number of hydrogen-bond donors (Lipinski definition) is 3. The standard InChI is InChI=1S/C63H94O12/c1-4-7-10-13-16-19-22-25-27-28-30-32-34-37-40-43-46-49-55(64)71-52-54(73-56(65)50-47-44-41-38-35-31-24-21-18-15-12-9-6-3)53-72-63-61(59(68)58(67)60(75-63)62(69)70)74-57(66)51-48-45-42-39-36-33-29-26-23-20-17-14-11-8-5-2/h7-8,10-12,15-17,19-21,24-27,29-30,32,36-37,39-40,45,48,54,58-61,63,67-68H,4-6,9,13-14,18,22-23,28,31,33-35,38,41-44,46-47,49-53H2,1-3H3,(H,69,70)/b10-7-,11-8-,15-12-,19-16-,20-17-,24-21-,27-25-,29-26-,32-30-,39-36-,40-37-,48-45-. The number of rotatable bonds is 44. The summed E-state index contributed by atoms with van der Waals surface area (Å²) in [6, 6.07) is 0. The Kier molecular flexibility index (Phi) is 44.6. The molecule has 75 heavy (non-hydrogen) atoms. The average molecular weight is 1040 g/mol. The molecule has 1 heterocycles. The summed E-state index contributed by atoms with van der Waals surface area (Å²) in [6.45, 7) is 5.56. The minimum Gasteiger partial charge on any atom is -0.479 e. The van der Waals surface area contributed by atoms with Crippen LogP contribution >= 0.6 is 0 Å². The molecule has 12 nitrogen and oxygen atoms in total. The number of carboxylic acids is 1. The van der Waals surface area contributed by atoms with Crippen molar-refractivity contribution in [2.24, 2.45) is 0 Å². The Hall–Kier alpha value is -5.40. The molecule has 1 rings (SSSR count). The maximum atomic E-state index is 13.1. The third-order valence-electron chi connectivity index (χ3n) is 11.4. The van der Waals surface area contributed by atoms with E-state index in [2.05, 4.69) is 130 Å². The second-order valence-corrected chi connectivity index (χ2v) is 18.1. The first-order chi connectivity index (χ1) is 36.6. The fourth-order valence-corrected chi connectivity index (χ4v) is 7.22. The van der Waals surface area contributed by atoms with Gasteiger partial charge in [0.15, 0.2) is 24.6 Å². The highest BCUT2D eigenvalue weighted by Gasteiger charge is 2.50. The van der Waals surface area contributed by atoms with Gasteiger partial charge in [-0.2, -0.15) is 0 Å². The molecule has 1 saturated heterocycles. The van der Waals surface area contributed by atoms with E-state index in [1.807, 2.05) is 24.3 Å². The van der Waals surface area contributed by atoms with Gasteiger partial charge >= 0.3 is 23.9 Å². The number of allylic oxidation sites excluding steroid dienone is 23. The minimum atomic E-state index is -1.95. The highest BCUT2D eigenvalue weighted by Crippen LogP contribution is 2.26. The van der Waals surface area contributed by atoms with Crippen LogP contribution in [0.3, 0.4) is 0 Å². The van der Waals surface area contributed by atoms with Crippen molar-refractivity contribution in [2.75, 3.05) is 13.2 Å². The average Bonchev–Trinajstić information content (AvgIpc) is 3.39. The predicted octanol–water partition coefficient (Wildman–Crippen LogP) is 14.0. The molecule has 0 amide bonds. The Bertz CT molecular complexity index is 1860. The summed E-state index contributed by atoms with van der Waals surface area (Å²) in [5, 5.41) is 31.4. The van der Waals surface area contributed by atoms with Gasteiger partial charge in [-0.3, -0.25) is 14.4 Å². The van der Waals surface area contributed by atoms with Gasteiger partial charge in [0.1, 0.15) is 18.8 Å². The van der Waals surface area contributed by atoms with Crippen LogP contribution in [0.2, 0.25) is 0 Å². The number of esters is 3. The fourth-order valence-electron chi connectivity index (χ4n) is 7.22. The van der Waals surface area contributed by atoms with E-state index in [9.17, 15) is 34.5 Å². The smallest absolute Gasteiger partial charge is 0.335 e. The molecule has 0 aromatic rings. The fraction of sp³-hybridized carbons (Fsp3) is 0.556. The van der Waals surface area contributed by atoms with Crippen LogP contribution < -0.4 is 0 Å². The molecule has 1 aliphatic rings. The van der Waals surface area contributed by atoms with Crippen molar-refractivity contribution in [1.82, 2.24) is 0 Å². The lowest BCUT2D eigenvalue weighted by Gasteiger charge is -2.40. The molecule has 1 aliphatic heterocycles. The van der Waals surface area contributed by atoms with Crippen LogP contribution in [0.15, 0.2) is 146 Å². The summed E-state index contributed by atoms with van der Waals surface area (Å²) in [5.74, 6) is -3.41. The number of carbonyl (C=O) groups is 4. The molecular weight excluding hydrogens is 949 g/mol. The number of carbonyl (C=O) groups excluding carboxylic acids is 3.